The summed E-state index contributed by atoms with van der Waals surface area (Å²) in [5.74, 6) is 0.217. The van der Waals surface area contributed by atoms with Crippen molar-refractivity contribution in [3.8, 4) is 5.75 Å². The molecule has 2 aromatic rings. The van der Waals surface area contributed by atoms with Crippen molar-refractivity contribution in [1.82, 2.24) is 4.90 Å². The number of amides is 1. The van der Waals surface area contributed by atoms with Crippen LogP contribution in [0.4, 0.5) is 14.9 Å². The lowest BCUT2D eigenvalue weighted by Gasteiger charge is -2.27. The number of carbonyl (C=O) groups excluding carboxylic acids is 2. The van der Waals surface area contributed by atoms with Crippen molar-refractivity contribution >= 4 is 35.8 Å². The van der Waals surface area contributed by atoms with Crippen LogP contribution >= 0.6 is 11.9 Å². The van der Waals surface area contributed by atoms with Crippen molar-refractivity contribution in [3.63, 3.8) is 0 Å². The summed E-state index contributed by atoms with van der Waals surface area (Å²) in [6.07, 6.45) is 6.14. The molecule has 41 heavy (non-hydrogen) atoms. The van der Waals surface area contributed by atoms with E-state index in [2.05, 4.69) is 11.6 Å². The second kappa shape index (κ2) is 12.3. The highest BCUT2D eigenvalue weighted by Crippen LogP contribution is 2.60. The Morgan fingerprint density at radius 3 is 2.71 bits per heavy atom. The summed E-state index contributed by atoms with van der Waals surface area (Å²) in [6, 6.07) is 8.30. The summed E-state index contributed by atoms with van der Waals surface area (Å²) in [7, 11) is 1.36. The number of nitrogens with zero attached hydrogens (tertiary/aromatic N) is 1. The van der Waals surface area contributed by atoms with Crippen LogP contribution in [0.5, 0.6) is 5.75 Å². The SMILES string of the molecule is COC(=O)c1c(NSc2ccc(F)cc2/C=C\[C@@H]2CCCN2C(=O)OC(C)(C)C)ccc2c1OC[C@@H]1C[C@]21C.O.O.[HH]. The monoisotopic (exact) mass is 592 g/mol. The standard InChI is InChI=1S/C30H35FN2O5S.2H2O.H2/c1-29(2,3)38-28(35)33-14-6-7-21(33)10-8-18-15-20(31)9-13-24(18)39-32-23-12-11-22-26(25(23)27(34)36-5)37-17-19-16-30(19,22)4;;;/h8-13,15,19,21,32H,6-7,14,16-17H2,1-5H3;2*1H2;1H/b10-8-;;;/t19-,21-,30-;;;/m0.../s1. The van der Waals surface area contributed by atoms with Crippen LogP contribution < -0.4 is 9.46 Å². The maximum Gasteiger partial charge on any atom is 0.410 e. The number of benzene rings is 2. The van der Waals surface area contributed by atoms with Gasteiger partial charge in [-0.05, 0) is 81.8 Å². The molecule has 2 heterocycles. The second-order valence-electron chi connectivity index (χ2n) is 11.6. The number of esters is 1. The molecule has 0 bridgehead atoms. The number of likely N-dealkylation sites (tertiary alicyclic amines) is 1. The number of anilines is 1. The molecule has 2 aliphatic heterocycles. The van der Waals surface area contributed by atoms with Crippen LogP contribution in [0.3, 0.4) is 0 Å². The Kier molecular flexibility index (Phi) is 9.67. The van der Waals surface area contributed by atoms with Gasteiger partial charge in [-0.25, -0.2) is 14.0 Å². The summed E-state index contributed by atoms with van der Waals surface area (Å²) in [5.41, 5.74) is 2.09. The molecule has 3 aliphatic rings. The maximum atomic E-state index is 14.3. The molecule has 3 atom stereocenters. The lowest BCUT2D eigenvalue weighted by atomic mass is 9.90. The van der Waals surface area contributed by atoms with Gasteiger partial charge in [-0.2, -0.15) is 0 Å². The number of rotatable bonds is 6. The van der Waals surface area contributed by atoms with Crippen molar-refractivity contribution in [2.75, 3.05) is 25.0 Å². The molecule has 0 spiro atoms. The first-order valence-corrected chi connectivity index (χ1v) is 14.1. The molecule has 0 unspecified atom stereocenters. The second-order valence-corrected chi connectivity index (χ2v) is 12.5. The van der Waals surface area contributed by atoms with Gasteiger partial charge in [0.05, 0.1) is 25.4 Å². The lowest BCUT2D eigenvalue weighted by Crippen LogP contribution is -2.39. The van der Waals surface area contributed by atoms with Gasteiger partial charge in [-0.1, -0.05) is 25.1 Å². The lowest BCUT2D eigenvalue weighted by molar-refractivity contribution is 0.0256. The molecule has 1 saturated heterocycles. The molecule has 0 aromatic heterocycles. The topological polar surface area (TPSA) is 140 Å². The van der Waals surface area contributed by atoms with Crippen molar-refractivity contribution in [2.45, 2.75) is 68.9 Å². The molecular weight excluding hydrogens is 551 g/mol. The number of carbonyl (C=O) groups is 2. The third-order valence-corrected chi connectivity index (χ3v) is 8.58. The van der Waals surface area contributed by atoms with E-state index in [9.17, 15) is 14.0 Å². The molecule has 226 valence electrons. The van der Waals surface area contributed by atoms with Crippen LogP contribution in [0.2, 0.25) is 0 Å². The minimum Gasteiger partial charge on any atom is -0.492 e. The summed E-state index contributed by atoms with van der Waals surface area (Å²) in [4.78, 5) is 28.0. The smallest absolute Gasteiger partial charge is 0.410 e. The molecular formula is C30H41FN2O7S. The molecule has 1 aliphatic carbocycles. The molecule has 5 rings (SSSR count). The zero-order chi connectivity index (χ0) is 27.9. The van der Waals surface area contributed by atoms with Crippen molar-refractivity contribution in [1.29, 1.82) is 0 Å². The molecule has 2 fully saturated rings. The van der Waals surface area contributed by atoms with Gasteiger partial charge in [0.15, 0.2) is 0 Å². The number of nitrogens with one attached hydrogen (secondary N) is 1. The predicted molar refractivity (Wildman–Crippen MR) is 159 cm³/mol. The highest BCUT2D eigenvalue weighted by Gasteiger charge is 2.56. The average molecular weight is 593 g/mol. The summed E-state index contributed by atoms with van der Waals surface area (Å²) >= 11 is 1.27. The summed E-state index contributed by atoms with van der Waals surface area (Å²) in [6.45, 7) is 8.94. The number of hydrogen-bond acceptors (Lipinski definition) is 7. The van der Waals surface area contributed by atoms with Gasteiger partial charge in [-0.15, -0.1) is 0 Å². The first-order chi connectivity index (χ1) is 18.5. The zero-order valence-corrected chi connectivity index (χ0v) is 24.8. The van der Waals surface area contributed by atoms with E-state index in [-0.39, 0.29) is 35.7 Å². The van der Waals surface area contributed by atoms with E-state index < -0.39 is 11.6 Å². The van der Waals surface area contributed by atoms with E-state index >= 15 is 0 Å². The fourth-order valence-electron chi connectivity index (χ4n) is 5.39. The highest BCUT2D eigenvalue weighted by molar-refractivity contribution is 8.00. The first kappa shape index (κ1) is 32.2. The van der Waals surface area contributed by atoms with Crippen LogP contribution in [-0.2, 0) is 14.9 Å². The normalized spacial score (nSPS) is 22.4. The highest BCUT2D eigenvalue weighted by atomic mass is 32.2. The number of ether oxygens (including phenoxy) is 3. The number of methoxy groups -OCH3 is 1. The number of hydrogen-bond donors (Lipinski definition) is 1. The van der Waals surface area contributed by atoms with Gasteiger partial charge in [-0.3, -0.25) is 0 Å². The van der Waals surface area contributed by atoms with E-state index in [1.54, 1.807) is 11.0 Å². The van der Waals surface area contributed by atoms with Crippen LogP contribution in [-0.4, -0.2) is 59.8 Å². The molecule has 9 nitrogen and oxygen atoms in total. The predicted octanol–water partition coefficient (Wildman–Crippen LogP) is 5.41. The van der Waals surface area contributed by atoms with E-state index in [0.29, 0.717) is 41.6 Å². The number of halogens is 1. The summed E-state index contributed by atoms with van der Waals surface area (Å²) < 4.78 is 34.2. The van der Waals surface area contributed by atoms with Crippen LogP contribution in [0.15, 0.2) is 41.3 Å². The van der Waals surface area contributed by atoms with Crippen molar-refractivity contribution < 1.29 is 40.6 Å². The minimum absolute atomic E-state index is 0. The fourth-order valence-corrected chi connectivity index (χ4v) is 6.16. The minimum atomic E-state index is -0.575. The maximum absolute atomic E-state index is 14.3. The molecule has 11 heteroatoms. The quantitative estimate of drug-likeness (QED) is 0.349. The average Bonchev–Trinajstić information content (AvgIpc) is 3.35. The van der Waals surface area contributed by atoms with E-state index in [4.69, 9.17) is 14.2 Å². The molecule has 1 amide bonds. The summed E-state index contributed by atoms with van der Waals surface area (Å²) in [5, 5.41) is 0. The van der Waals surface area contributed by atoms with Gasteiger partial charge in [0.1, 0.15) is 22.7 Å². The fraction of sp³-hybridized carbons (Fsp3) is 0.467. The Labute approximate surface area is 245 Å². The third-order valence-electron chi connectivity index (χ3n) is 7.67. The van der Waals surface area contributed by atoms with Gasteiger partial charge in [0.2, 0.25) is 0 Å². The largest absolute Gasteiger partial charge is 0.492 e. The molecule has 0 radical (unpaired) electrons. The Morgan fingerprint density at radius 2 is 2.00 bits per heavy atom. The molecule has 1 saturated carbocycles. The van der Waals surface area contributed by atoms with E-state index in [1.807, 2.05) is 45.1 Å². The first-order valence-electron chi connectivity index (χ1n) is 13.3. The number of fused-ring (bicyclic) bond motifs is 3. The van der Waals surface area contributed by atoms with Gasteiger partial charge in [0, 0.05) is 29.8 Å². The van der Waals surface area contributed by atoms with Crippen LogP contribution in [0.1, 0.15) is 69.9 Å². The van der Waals surface area contributed by atoms with Gasteiger partial charge in [0.25, 0.3) is 0 Å². The third kappa shape index (κ3) is 6.63. The van der Waals surface area contributed by atoms with Crippen LogP contribution in [0, 0.1) is 11.7 Å². The Balaban J connectivity index is 0.00000205. The zero-order valence-electron chi connectivity index (χ0n) is 24.0. The molecule has 2 aromatic carbocycles. The van der Waals surface area contributed by atoms with Gasteiger partial charge < -0.3 is 34.8 Å². The van der Waals surface area contributed by atoms with Gasteiger partial charge >= 0.3 is 12.1 Å². The Hall–Kier alpha value is -3.28. The molecule has 5 N–H and O–H groups in total. The van der Waals surface area contributed by atoms with Crippen LogP contribution in [0.25, 0.3) is 6.08 Å². The Bertz CT molecular complexity index is 1340. The van der Waals surface area contributed by atoms with Crippen molar-refractivity contribution in [2.24, 2.45) is 5.92 Å². The van der Waals surface area contributed by atoms with E-state index in [1.165, 1.54) is 31.2 Å². The van der Waals surface area contributed by atoms with Crippen molar-refractivity contribution in [3.05, 3.63) is 58.9 Å². The Morgan fingerprint density at radius 1 is 1.24 bits per heavy atom. The van der Waals surface area contributed by atoms with E-state index in [0.717, 1.165) is 29.7 Å².